The molecule has 2 aromatic carbocycles. The van der Waals surface area contributed by atoms with Crippen LogP contribution in [0.2, 0.25) is 5.02 Å². The molecule has 1 aliphatic rings. The lowest BCUT2D eigenvalue weighted by Crippen LogP contribution is -2.14. The number of aliphatic hydroxyl groups is 1. The molecule has 0 bridgehead atoms. The van der Waals surface area contributed by atoms with Gasteiger partial charge in [-0.25, -0.2) is 22.5 Å². The van der Waals surface area contributed by atoms with E-state index in [0.29, 0.717) is 0 Å². The van der Waals surface area contributed by atoms with Crippen LogP contribution in [-0.4, -0.2) is 27.1 Å². The number of aliphatic hydroxyl groups excluding tert-OH is 1. The first kappa shape index (κ1) is 17.5. The van der Waals surface area contributed by atoms with Crippen molar-refractivity contribution in [1.82, 2.24) is 9.72 Å². The van der Waals surface area contributed by atoms with E-state index in [1.54, 1.807) is 0 Å². The molecule has 0 amide bonds. The number of rotatable bonds is 3. The molecule has 0 saturated carbocycles. The monoisotopic (exact) mass is 395 g/mol. The lowest BCUT2D eigenvalue weighted by molar-refractivity contribution is 0.356. The van der Waals surface area contributed by atoms with Gasteiger partial charge in [0.2, 0.25) is 0 Å². The highest BCUT2D eigenvalue weighted by molar-refractivity contribution is 6.30. The zero-order chi connectivity index (χ0) is 19.3. The summed E-state index contributed by atoms with van der Waals surface area (Å²) in [6, 6.07) is 4.35. The number of hydrogen-bond acceptors (Lipinski definition) is 5. The van der Waals surface area contributed by atoms with Crippen molar-refractivity contribution in [2.24, 2.45) is 4.99 Å². The fraction of sp³-hybridized carbons (Fsp3) is 0.118. The highest BCUT2D eigenvalue weighted by atomic mass is 35.5. The number of hydrogen-bond donors (Lipinski definition) is 1. The minimum Gasteiger partial charge on any atom is -0.390 e. The van der Waals surface area contributed by atoms with Crippen LogP contribution in [0.4, 0.5) is 18.9 Å². The van der Waals surface area contributed by atoms with Crippen molar-refractivity contribution in [3.63, 3.8) is 0 Å². The Labute approximate surface area is 154 Å². The largest absolute Gasteiger partial charge is 0.446 e. The number of fused-ring (bicyclic) bond motifs is 1. The summed E-state index contributed by atoms with van der Waals surface area (Å²) in [5.74, 6) is -4.12. The zero-order valence-corrected chi connectivity index (χ0v) is 14.1. The van der Waals surface area contributed by atoms with E-state index < -0.39 is 29.8 Å². The molecule has 2 heterocycles. The van der Waals surface area contributed by atoms with E-state index in [-0.39, 0.29) is 45.5 Å². The minimum absolute atomic E-state index is 0.0452. The molecule has 0 atom stereocenters. The molecule has 1 aliphatic heterocycles. The van der Waals surface area contributed by atoms with Crippen LogP contribution in [0.25, 0.3) is 17.1 Å². The second-order valence-corrected chi connectivity index (χ2v) is 6.17. The van der Waals surface area contributed by atoms with Gasteiger partial charge in [-0.3, -0.25) is 9.52 Å². The molecule has 3 aromatic rings. The Kier molecular flexibility index (Phi) is 4.12. The van der Waals surface area contributed by atoms with Gasteiger partial charge in [0.15, 0.2) is 17.5 Å². The van der Waals surface area contributed by atoms with Crippen LogP contribution in [0.3, 0.4) is 0 Å². The van der Waals surface area contributed by atoms with Gasteiger partial charge in [0.05, 0.1) is 17.3 Å². The van der Waals surface area contributed by atoms with Crippen LogP contribution in [-0.2, 0) is 6.42 Å². The van der Waals surface area contributed by atoms with Crippen molar-refractivity contribution in [3.8, 4) is 17.1 Å². The first-order chi connectivity index (χ1) is 12.9. The molecule has 0 spiro atoms. The molecule has 0 radical (unpaired) electrons. The molecule has 0 aliphatic carbocycles. The molecule has 0 fully saturated rings. The molecule has 6 nitrogen and oxygen atoms in total. The molecule has 27 heavy (non-hydrogen) atoms. The molecule has 138 valence electrons. The molecule has 4 rings (SSSR count). The van der Waals surface area contributed by atoms with E-state index in [1.165, 1.54) is 12.1 Å². The summed E-state index contributed by atoms with van der Waals surface area (Å²) in [6.07, 6.45) is 0.0452. The molecule has 0 saturated heterocycles. The summed E-state index contributed by atoms with van der Waals surface area (Å²) < 4.78 is 47.2. The van der Waals surface area contributed by atoms with Gasteiger partial charge in [0.1, 0.15) is 11.5 Å². The number of halogens is 4. The smallest absolute Gasteiger partial charge is 0.390 e. The number of aliphatic imine (C=N–C) groups is 1. The fourth-order valence-corrected chi connectivity index (χ4v) is 3.08. The van der Waals surface area contributed by atoms with Crippen LogP contribution in [0.5, 0.6) is 0 Å². The van der Waals surface area contributed by atoms with Crippen molar-refractivity contribution in [2.75, 3.05) is 6.61 Å². The Hall–Kier alpha value is -2.91. The van der Waals surface area contributed by atoms with Gasteiger partial charge >= 0.3 is 5.76 Å². The average Bonchev–Trinajstić information content (AvgIpc) is 3.25. The molecule has 1 N–H and O–H groups in total. The second kappa shape index (κ2) is 6.36. The van der Waals surface area contributed by atoms with E-state index in [4.69, 9.17) is 11.6 Å². The van der Waals surface area contributed by atoms with E-state index in [1.807, 2.05) is 0 Å². The Morgan fingerprint density at radius 1 is 1.22 bits per heavy atom. The number of nitrogens with zero attached hydrogens (tertiary/aromatic N) is 3. The van der Waals surface area contributed by atoms with Crippen molar-refractivity contribution < 1.29 is 22.8 Å². The van der Waals surface area contributed by atoms with Crippen LogP contribution >= 0.6 is 11.6 Å². The predicted octanol–water partition coefficient (Wildman–Crippen LogP) is 3.18. The van der Waals surface area contributed by atoms with Gasteiger partial charge in [0, 0.05) is 17.7 Å². The van der Waals surface area contributed by atoms with E-state index >= 15 is 0 Å². The first-order valence-corrected chi connectivity index (χ1v) is 8.01. The molecule has 0 unspecified atom stereocenters. The Morgan fingerprint density at radius 3 is 2.70 bits per heavy atom. The Bertz CT molecular complexity index is 1170. The van der Waals surface area contributed by atoms with Gasteiger partial charge in [-0.15, -0.1) is 0 Å². The van der Waals surface area contributed by atoms with Crippen molar-refractivity contribution in [2.45, 2.75) is 6.42 Å². The van der Waals surface area contributed by atoms with E-state index in [2.05, 4.69) is 14.7 Å². The Morgan fingerprint density at radius 2 is 2.00 bits per heavy atom. The lowest BCUT2D eigenvalue weighted by atomic mass is 10.0. The maximum absolute atomic E-state index is 14.1. The average molecular weight is 396 g/mol. The van der Waals surface area contributed by atoms with E-state index in [0.717, 1.165) is 16.7 Å². The highest BCUT2D eigenvalue weighted by Crippen LogP contribution is 2.38. The number of benzene rings is 2. The second-order valence-electron chi connectivity index (χ2n) is 5.77. The van der Waals surface area contributed by atoms with Gasteiger partial charge in [-0.2, -0.15) is 0 Å². The third kappa shape index (κ3) is 2.75. The summed E-state index contributed by atoms with van der Waals surface area (Å²) in [6.45, 7) is -0.436. The molecule has 10 heteroatoms. The Balaban J connectivity index is 1.96. The van der Waals surface area contributed by atoms with Crippen molar-refractivity contribution >= 4 is 23.0 Å². The summed E-state index contributed by atoms with van der Waals surface area (Å²) in [5, 5.41) is 12.7. The van der Waals surface area contributed by atoms with E-state index in [9.17, 15) is 23.1 Å². The molecular formula is C17H9ClF3N3O3. The topological polar surface area (TPSA) is 80.6 Å². The summed E-state index contributed by atoms with van der Waals surface area (Å²) in [7, 11) is 0. The lowest BCUT2D eigenvalue weighted by Gasteiger charge is -2.10. The van der Waals surface area contributed by atoms with Gasteiger partial charge in [0.25, 0.3) is 0 Å². The predicted molar refractivity (Wildman–Crippen MR) is 90.3 cm³/mol. The maximum Gasteiger partial charge on any atom is 0.446 e. The van der Waals surface area contributed by atoms with Crippen LogP contribution in [0.1, 0.15) is 5.56 Å². The minimum atomic E-state index is -1.20. The van der Waals surface area contributed by atoms with Crippen LogP contribution < -0.4 is 5.76 Å². The fourth-order valence-electron chi connectivity index (χ4n) is 2.91. The summed E-state index contributed by atoms with van der Waals surface area (Å²) in [4.78, 5) is 16.0. The summed E-state index contributed by atoms with van der Waals surface area (Å²) >= 11 is 5.76. The van der Waals surface area contributed by atoms with Crippen LogP contribution in [0.15, 0.2) is 38.6 Å². The maximum atomic E-state index is 14.1. The molecule has 1 aromatic heterocycles. The standard InChI is InChI=1S/C17H9ClF3N3O3/c18-11-4-8(1-2-12(11)19)24-16(23-27-17(24)26)10-5-13(20)14(21)15-9(10)3-7(6-25)22-15/h1-2,4-5,25H,3,6H2. The highest BCUT2D eigenvalue weighted by Gasteiger charge is 2.28. The quantitative estimate of drug-likeness (QED) is 0.738. The zero-order valence-electron chi connectivity index (χ0n) is 13.3. The summed E-state index contributed by atoms with van der Waals surface area (Å²) in [5.41, 5.74) is 0.393. The first-order valence-electron chi connectivity index (χ1n) is 7.63. The van der Waals surface area contributed by atoms with Gasteiger partial charge in [-0.1, -0.05) is 16.8 Å². The normalized spacial score (nSPS) is 13.0. The number of aromatic nitrogens is 2. The third-order valence-electron chi connectivity index (χ3n) is 4.14. The van der Waals surface area contributed by atoms with Gasteiger partial charge < -0.3 is 5.11 Å². The van der Waals surface area contributed by atoms with Crippen molar-refractivity contribution in [3.05, 3.63) is 62.9 Å². The van der Waals surface area contributed by atoms with Crippen molar-refractivity contribution in [1.29, 1.82) is 0 Å². The third-order valence-corrected chi connectivity index (χ3v) is 4.43. The SMILES string of the molecule is O=c1onc(-c2cc(F)c(F)c3c2CC(CO)=N3)n1-c1ccc(F)c(Cl)c1. The molecular weight excluding hydrogens is 387 g/mol. The van der Waals surface area contributed by atoms with Gasteiger partial charge in [-0.05, 0) is 29.8 Å². The van der Waals surface area contributed by atoms with Crippen LogP contribution in [0, 0.1) is 17.5 Å².